The normalized spacial score (nSPS) is 12.9. The highest BCUT2D eigenvalue weighted by Gasteiger charge is 2.36. The minimum Gasteiger partial charge on any atom is -0.478 e. The van der Waals surface area contributed by atoms with Crippen LogP contribution in [0.1, 0.15) is 49.2 Å². The number of carbonyl (C=O) groups excluding carboxylic acids is 1. The maximum Gasteiger partial charge on any atom is 0.408 e. The van der Waals surface area contributed by atoms with E-state index in [9.17, 15) is 14.7 Å². The standard InChI is InChI=1S/C23H26ClN3O5/c1-22(2,3)32-21(30)27-23(4,13-14-8-6-5-7-9-14)20(26)31-18(25)16-12-15(19(28)29)10-11-17(16)24/h5-12,25-26H,13H2,1-4H3,(H,27,30)(H,28,29). The first kappa shape index (κ1) is 24.9. The van der Waals surface area contributed by atoms with Gasteiger partial charge in [-0.1, -0.05) is 41.9 Å². The number of rotatable bonds is 6. The van der Waals surface area contributed by atoms with Crippen LogP contribution in [0.3, 0.4) is 0 Å². The van der Waals surface area contributed by atoms with Gasteiger partial charge in [0.1, 0.15) is 11.1 Å². The highest BCUT2D eigenvalue weighted by atomic mass is 35.5. The number of alkyl carbamates (subject to hydrolysis) is 1. The molecule has 2 aromatic carbocycles. The topological polar surface area (TPSA) is 133 Å². The number of hydrogen-bond donors (Lipinski definition) is 4. The van der Waals surface area contributed by atoms with Gasteiger partial charge in [-0.25, -0.2) is 9.59 Å². The van der Waals surface area contributed by atoms with Crippen molar-refractivity contribution >= 4 is 35.5 Å². The van der Waals surface area contributed by atoms with Crippen molar-refractivity contribution in [1.29, 1.82) is 10.8 Å². The Morgan fingerprint density at radius 1 is 1.06 bits per heavy atom. The summed E-state index contributed by atoms with van der Waals surface area (Å²) in [6, 6.07) is 13.0. The van der Waals surface area contributed by atoms with Crippen molar-refractivity contribution in [3.63, 3.8) is 0 Å². The monoisotopic (exact) mass is 459 g/mol. The van der Waals surface area contributed by atoms with E-state index in [1.165, 1.54) is 18.2 Å². The van der Waals surface area contributed by atoms with E-state index in [4.69, 9.17) is 31.9 Å². The molecule has 0 aliphatic rings. The summed E-state index contributed by atoms with van der Waals surface area (Å²) in [5.74, 6) is -2.14. The van der Waals surface area contributed by atoms with E-state index in [1.54, 1.807) is 27.7 Å². The zero-order valence-corrected chi connectivity index (χ0v) is 19.0. The molecule has 0 saturated carbocycles. The molecule has 8 nitrogen and oxygen atoms in total. The second-order valence-corrected chi connectivity index (χ2v) is 8.79. The fraction of sp³-hybridized carbons (Fsp3) is 0.304. The molecule has 1 amide bonds. The Morgan fingerprint density at radius 3 is 2.25 bits per heavy atom. The van der Waals surface area contributed by atoms with Gasteiger partial charge >= 0.3 is 12.1 Å². The highest BCUT2D eigenvalue weighted by molar-refractivity contribution is 6.34. The lowest BCUT2D eigenvalue weighted by molar-refractivity contribution is 0.0484. The van der Waals surface area contributed by atoms with Crippen LogP contribution in [0.25, 0.3) is 0 Å². The third-order valence-electron chi connectivity index (χ3n) is 4.34. The summed E-state index contributed by atoms with van der Waals surface area (Å²) >= 11 is 6.11. The third-order valence-corrected chi connectivity index (χ3v) is 4.67. The second kappa shape index (κ2) is 9.82. The van der Waals surface area contributed by atoms with Crippen LogP contribution in [-0.2, 0) is 15.9 Å². The van der Waals surface area contributed by atoms with E-state index in [0.29, 0.717) is 0 Å². The molecule has 0 heterocycles. The van der Waals surface area contributed by atoms with Crippen LogP contribution in [0.2, 0.25) is 5.02 Å². The van der Waals surface area contributed by atoms with Gasteiger partial charge in [0, 0.05) is 6.42 Å². The fourth-order valence-electron chi connectivity index (χ4n) is 2.82. The lowest BCUT2D eigenvalue weighted by atomic mass is 9.92. The lowest BCUT2D eigenvalue weighted by Gasteiger charge is -2.32. The predicted octanol–water partition coefficient (Wildman–Crippen LogP) is 4.88. The Bertz CT molecular complexity index is 1030. The minimum atomic E-state index is -1.37. The van der Waals surface area contributed by atoms with Gasteiger partial charge in [0.2, 0.25) is 11.8 Å². The summed E-state index contributed by atoms with van der Waals surface area (Å²) in [6.07, 6.45) is -0.566. The Labute approximate surface area is 191 Å². The van der Waals surface area contributed by atoms with Gasteiger partial charge in [0.05, 0.1) is 16.1 Å². The van der Waals surface area contributed by atoms with Crippen molar-refractivity contribution in [3.05, 3.63) is 70.2 Å². The van der Waals surface area contributed by atoms with E-state index >= 15 is 0 Å². The van der Waals surface area contributed by atoms with Crippen LogP contribution >= 0.6 is 11.6 Å². The highest BCUT2D eigenvalue weighted by Crippen LogP contribution is 2.22. The van der Waals surface area contributed by atoms with Gasteiger partial charge in [-0.15, -0.1) is 0 Å². The van der Waals surface area contributed by atoms with E-state index in [1.807, 2.05) is 30.3 Å². The minimum absolute atomic E-state index is 0.00986. The van der Waals surface area contributed by atoms with Gasteiger partial charge in [-0.05, 0) is 51.5 Å². The number of benzene rings is 2. The van der Waals surface area contributed by atoms with Crippen molar-refractivity contribution in [2.75, 3.05) is 0 Å². The number of halogens is 1. The van der Waals surface area contributed by atoms with Gasteiger partial charge in [-0.3, -0.25) is 10.8 Å². The third kappa shape index (κ3) is 6.81. The maximum atomic E-state index is 12.5. The van der Waals surface area contributed by atoms with Crippen LogP contribution in [0.15, 0.2) is 48.5 Å². The number of carbonyl (C=O) groups is 2. The molecule has 0 bridgehead atoms. The SMILES string of the molecule is CC(C)(C)OC(=O)NC(C)(Cc1ccccc1)C(=N)OC(=N)c1cc(C(=O)O)ccc1Cl. The molecule has 0 aromatic heterocycles. The molecule has 0 fully saturated rings. The summed E-state index contributed by atoms with van der Waals surface area (Å²) in [4.78, 5) is 23.7. The first-order chi connectivity index (χ1) is 14.8. The molecule has 0 aliphatic carbocycles. The Morgan fingerprint density at radius 2 is 1.69 bits per heavy atom. The lowest BCUT2D eigenvalue weighted by Crippen LogP contribution is -2.55. The van der Waals surface area contributed by atoms with Crippen LogP contribution in [0.4, 0.5) is 4.79 Å². The van der Waals surface area contributed by atoms with Gasteiger partial charge in [0.25, 0.3) is 0 Å². The van der Waals surface area contributed by atoms with Crippen molar-refractivity contribution in [3.8, 4) is 0 Å². The molecule has 32 heavy (non-hydrogen) atoms. The molecule has 9 heteroatoms. The quantitative estimate of drug-likeness (QED) is 0.361. The average molecular weight is 460 g/mol. The molecule has 2 rings (SSSR count). The second-order valence-electron chi connectivity index (χ2n) is 8.38. The molecule has 170 valence electrons. The largest absolute Gasteiger partial charge is 0.478 e. The van der Waals surface area contributed by atoms with E-state index in [2.05, 4.69) is 5.32 Å². The summed E-state index contributed by atoms with van der Waals surface area (Å²) in [5, 5.41) is 28.7. The Kier molecular flexibility index (Phi) is 7.64. The van der Waals surface area contributed by atoms with Crippen LogP contribution < -0.4 is 5.32 Å². The molecule has 4 N–H and O–H groups in total. The molecule has 2 aromatic rings. The van der Waals surface area contributed by atoms with Crippen molar-refractivity contribution in [2.45, 2.75) is 45.3 Å². The van der Waals surface area contributed by atoms with Crippen molar-refractivity contribution in [2.24, 2.45) is 0 Å². The number of amides is 1. The number of ether oxygens (including phenoxy) is 2. The number of carboxylic acid groups (broad SMARTS) is 1. The molecule has 0 radical (unpaired) electrons. The summed E-state index contributed by atoms with van der Waals surface area (Å²) in [7, 11) is 0. The van der Waals surface area contributed by atoms with Crippen molar-refractivity contribution in [1.82, 2.24) is 5.32 Å². The molecular weight excluding hydrogens is 434 g/mol. The zero-order valence-electron chi connectivity index (χ0n) is 18.3. The number of aromatic carboxylic acids is 1. The maximum absolute atomic E-state index is 12.5. The Hall–Kier alpha value is -3.39. The molecule has 1 unspecified atom stereocenters. The molecule has 0 saturated heterocycles. The van der Waals surface area contributed by atoms with E-state index in [0.717, 1.165) is 5.56 Å². The summed E-state index contributed by atoms with van der Waals surface area (Å²) < 4.78 is 10.8. The molecule has 0 aliphatic heterocycles. The fourth-order valence-corrected chi connectivity index (χ4v) is 3.02. The zero-order chi connectivity index (χ0) is 24.1. The van der Waals surface area contributed by atoms with Crippen molar-refractivity contribution < 1.29 is 24.2 Å². The van der Waals surface area contributed by atoms with Gasteiger partial charge < -0.3 is 19.9 Å². The number of nitrogens with one attached hydrogen (secondary N) is 3. The molecular formula is C23H26ClN3O5. The van der Waals surface area contributed by atoms with Crippen LogP contribution in [0, 0.1) is 10.8 Å². The smallest absolute Gasteiger partial charge is 0.408 e. The average Bonchev–Trinajstić information content (AvgIpc) is 2.67. The van der Waals surface area contributed by atoms with Crippen LogP contribution in [0.5, 0.6) is 0 Å². The number of hydrogen-bond acceptors (Lipinski definition) is 6. The van der Waals surface area contributed by atoms with E-state index in [-0.39, 0.29) is 22.6 Å². The summed E-state index contributed by atoms with van der Waals surface area (Å²) in [5.41, 5.74) is -1.37. The van der Waals surface area contributed by atoms with E-state index < -0.39 is 35.0 Å². The van der Waals surface area contributed by atoms with Crippen LogP contribution in [-0.4, -0.2) is 40.1 Å². The summed E-state index contributed by atoms with van der Waals surface area (Å²) in [6.45, 7) is 6.73. The molecule has 0 spiro atoms. The number of carboxylic acids is 1. The van der Waals surface area contributed by atoms with Gasteiger partial charge in [0.15, 0.2) is 0 Å². The van der Waals surface area contributed by atoms with Gasteiger partial charge in [-0.2, -0.15) is 0 Å². The molecule has 1 atom stereocenters. The first-order valence-electron chi connectivity index (χ1n) is 9.74. The first-order valence-corrected chi connectivity index (χ1v) is 10.1. The predicted molar refractivity (Wildman–Crippen MR) is 122 cm³/mol. The Balaban J connectivity index is 2.31.